The van der Waals surface area contributed by atoms with E-state index in [1.54, 1.807) is 0 Å². The highest BCUT2D eigenvalue weighted by Gasteiger charge is 2.25. The second kappa shape index (κ2) is 5.70. The van der Waals surface area contributed by atoms with Crippen molar-refractivity contribution in [3.8, 4) is 0 Å². The molecule has 1 aromatic heterocycles. The summed E-state index contributed by atoms with van der Waals surface area (Å²) in [6, 6.07) is 3.95. The zero-order valence-corrected chi connectivity index (χ0v) is 12.5. The van der Waals surface area contributed by atoms with Crippen LogP contribution in [0.1, 0.15) is 15.2 Å². The summed E-state index contributed by atoms with van der Waals surface area (Å²) in [7, 11) is -4.24. The molecule has 0 saturated heterocycles. The van der Waals surface area contributed by atoms with Crippen LogP contribution >= 0.6 is 22.9 Å². The average Bonchev–Trinajstić information content (AvgIpc) is 2.76. The molecule has 0 unspecified atom stereocenters. The van der Waals surface area contributed by atoms with Gasteiger partial charge < -0.3 is 5.11 Å². The van der Waals surface area contributed by atoms with Crippen LogP contribution in [0.15, 0.2) is 29.2 Å². The Morgan fingerprint density at radius 2 is 1.95 bits per heavy atom. The molecule has 0 radical (unpaired) electrons. The van der Waals surface area contributed by atoms with Crippen LogP contribution in [-0.4, -0.2) is 19.5 Å². The summed E-state index contributed by atoms with van der Waals surface area (Å²) >= 11 is 6.65. The van der Waals surface area contributed by atoms with E-state index in [4.69, 9.17) is 16.7 Å². The molecule has 0 aliphatic heterocycles. The smallest absolute Gasteiger partial charge is 0.335 e. The summed E-state index contributed by atoms with van der Waals surface area (Å²) in [6.07, 6.45) is 0. The maximum atomic E-state index is 13.7. The van der Waals surface area contributed by atoms with Gasteiger partial charge in [0.1, 0.15) is 4.90 Å². The van der Waals surface area contributed by atoms with E-state index in [-0.39, 0.29) is 0 Å². The molecule has 2 rings (SSSR count). The van der Waals surface area contributed by atoms with Gasteiger partial charge in [0.2, 0.25) is 0 Å². The molecule has 1 N–H and O–H groups in total. The first-order chi connectivity index (χ1) is 9.70. The van der Waals surface area contributed by atoms with E-state index in [1.807, 2.05) is 0 Å². The van der Waals surface area contributed by atoms with Crippen molar-refractivity contribution in [3.05, 3.63) is 50.7 Å². The molecule has 0 spiro atoms. The SMILES string of the molecule is O=C(O)c1cc(F)c(F)c(S(=O)(=O)Cc2ccc(Cl)s2)c1. The van der Waals surface area contributed by atoms with E-state index < -0.39 is 43.7 Å². The molecule has 1 aromatic carbocycles. The zero-order valence-electron chi connectivity index (χ0n) is 10.1. The van der Waals surface area contributed by atoms with Gasteiger partial charge in [-0.2, -0.15) is 0 Å². The Morgan fingerprint density at radius 1 is 1.29 bits per heavy atom. The second-order valence-electron chi connectivity index (χ2n) is 4.04. The number of rotatable bonds is 4. The molecule has 112 valence electrons. The predicted octanol–water partition coefficient (Wildman–Crippen LogP) is 3.35. The van der Waals surface area contributed by atoms with Crippen molar-refractivity contribution in [3.63, 3.8) is 0 Å². The van der Waals surface area contributed by atoms with E-state index in [2.05, 4.69) is 0 Å². The summed E-state index contributed by atoms with van der Waals surface area (Å²) in [5, 5.41) is 8.78. The van der Waals surface area contributed by atoms with Crippen molar-refractivity contribution in [2.45, 2.75) is 10.6 Å². The molecule has 0 atom stereocenters. The van der Waals surface area contributed by atoms with Crippen molar-refractivity contribution in [2.75, 3.05) is 0 Å². The Bertz CT molecular complexity index is 815. The predicted molar refractivity (Wildman–Crippen MR) is 73.5 cm³/mol. The first kappa shape index (κ1) is 15.9. The first-order valence-electron chi connectivity index (χ1n) is 5.40. The number of sulfone groups is 1. The van der Waals surface area contributed by atoms with E-state index >= 15 is 0 Å². The van der Waals surface area contributed by atoms with Gasteiger partial charge in [-0.3, -0.25) is 0 Å². The molecule has 2 aromatic rings. The van der Waals surface area contributed by atoms with E-state index in [0.29, 0.717) is 21.3 Å². The summed E-state index contributed by atoms with van der Waals surface area (Å²) in [5.41, 5.74) is -0.642. The number of carbonyl (C=O) groups is 1. The highest BCUT2D eigenvalue weighted by molar-refractivity contribution is 7.90. The molecule has 0 amide bonds. The lowest BCUT2D eigenvalue weighted by Gasteiger charge is -2.07. The first-order valence-corrected chi connectivity index (χ1v) is 8.24. The van der Waals surface area contributed by atoms with Gasteiger partial charge in [-0.1, -0.05) is 11.6 Å². The topological polar surface area (TPSA) is 71.4 Å². The number of carboxylic acid groups (broad SMARTS) is 1. The van der Waals surface area contributed by atoms with Crippen molar-refractivity contribution in [2.24, 2.45) is 0 Å². The number of hydrogen-bond acceptors (Lipinski definition) is 4. The number of benzene rings is 1. The van der Waals surface area contributed by atoms with Crippen LogP contribution in [0, 0.1) is 11.6 Å². The Hall–Kier alpha value is -1.51. The zero-order chi connectivity index (χ0) is 15.8. The molecule has 21 heavy (non-hydrogen) atoms. The van der Waals surface area contributed by atoms with Crippen LogP contribution in [0.2, 0.25) is 4.34 Å². The minimum Gasteiger partial charge on any atom is -0.478 e. The maximum Gasteiger partial charge on any atom is 0.335 e. The van der Waals surface area contributed by atoms with Gasteiger partial charge in [0.15, 0.2) is 21.5 Å². The summed E-state index contributed by atoms with van der Waals surface area (Å²) < 4.78 is 51.6. The van der Waals surface area contributed by atoms with Crippen LogP contribution < -0.4 is 0 Å². The Labute approximate surface area is 127 Å². The summed E-state index contributed by atoms with van der Waals surface area (Å²) in [4.78, 5) is 10.2. The number of hydrogen-bond donors (Lipinski definition) is 1. The van der Waals surface area contributed by atoms with Crippen LogP contribution in [0.5, 0.6) is 0 Å². The van der Waals surface area contributed by atoms with Crippen LogP contribution in [-0.2, 0) is 15.6 Å². The fraction of sp³-hybridized carbons (Fsp3) is 0.0833. The van der Waals surface area contributed by atoms with Crippen LogP contribution in [0.25, 0.3) is 0 Å². The highest BCUT2D eigenvalue weighted by Crippen LogP contribution is 2.28. The Morgan fingerprint density at radius 3 is 2.48 bits per heavy atom. The van der Waals surface area contributed by atoms with Gasteiger partial charge in [-0.05, 0) is 24.3 Å². The molecule has 1 heterocycles. The molecule has 0 aliphatic carbocycles. The Kier molecular flexibility index (Phi) is 4.31. The molecule has 0 fully saturated rings. The number of aromatic carboxylic acids is 1. The van der Waals surface area contributed by atoms with E-state index in [0.717, 1.165) is 11.3 Å². The lowest BCUT2D eigenvalue weighted by Crippen LogP contribution is -2.10. The summed E-state index contributed by atoms with van der Waals surface area (Å²) in [6.45, 7) is 0. The normalized spacial score (nSPS) is 11.6. The van der Waals surface area contributed by atoms with E-state index in [9.17, 15) is 22.0 Å². The quantitative estimate of drug-likeness (QED) is 0.916. The lowest BCUT2D eigenvalue weighted by atomic mass is 10.2. The van der Waals surface area contributed by atoms with Gasteiger partial charge in [-0.15, -0.1) is 11.3 Å². The Balaban J connectivity index is 2.51. The van der Waals surface area contributed by atoms with Crippen LogP contribution in [0.4, 0.5) is 8.78 Å². The van der Waals surface area contributed by atoms with Crippen LogP contribution in [0.3, 0.4) is 0 Å². The standard InChI is InChI=1S/C12H7ClF2O4S2/c13-10-2-1-7(20-10)5-21(18,19)9-4-6(12(16)17)3-8(14)11(9)15/h1-4H,5H2,(H,16,17). The minimum absolute atomic E-state index is 0.334. The molecule has 0 saturated carbocycles. The van der Waals surface area contributed by atoms with Crippen molar-refractivity contribution < 1.29 is 27.1 Å². The molecular weight excluding hydrogens is 346 g/mol. The third-order valence-corrected chi connectivity index (χ3v) is 5.61. The number of carboxylic acids is 1. The number of halogens is 3. The van der Waals surface area contributed by atoms with Gasteiger partial charge in [-0.25, -0.2) is 22.0 Å². The third-order valence-electron chi connectivity index (χ3n) is 2.54. The molecule has 4 nitrogen and oxygen atoms in total. The summed E-state index contributed by atoms with van der Waals surface area (Å²) in [5.74, 6) is -5.27. The highest BCUT2D eigenvalue weighted by atomic mass is 35.5. The maximum absolute atomic E-state index is 13.7. The molecule has 0 aliphatic rings. The van der Waals surface area contributed by atoms with E-state index in [1.165, 1.54) is 12.1 Å². The fourth-order valence-corrected chi connectivity index (χ4v) is 4.50. The van der Waals surface area contributed by atoms with Crippen molar-refractivity contribution in [1.29, 1.82) is 0 Å². The monoisotopic (exact) mass is 352 g/mol. The third kappa shape index (κ3) is 3.39. The molecule has 0 bridgehead atoms. The largest absolute Gasteiger partial charge is 0.478 e. The van der Waals surface area contributed by atoms with Gasteiger partial charge in [0.25, 0.3) is 0 Å². The minimum atomic E-state index is -4.24. The second-order valence-corrected chi connectivity index (χ2v) is 7.80. The molecular formula is C12H7ClF2O4S2. The molecule has 9 heteroatoms. The number of thiophene rings is 1. The lowest BCUT2D eigenvalue weighted by molar-refractivity contribution is 0.0696. The fourth-order valence-electron chi connectivity index (χ4n) is 1.61. The van der Waals surface area contributed by atoms with Gasteiger partial charge in [0, 0.05) is 4.88 Å². The van der Waals surface area contributed by atoms with Crippen molar-refractivity contribution in [1.82, 2.24) is 0 Å². The average molecular weight is 353 g/mol. The van der Waals surface area contributed by atoms with Crippen molar-refractivity contribution >= 4 is 38.7 Å². The van der Waals surface area contributed by atoms with Gasteiger partial charge >= 0.3 is 5.97 Å². The van der Waals surface area contributed by atoms with Gasteiger partial charge in [0.05, 0.1) is 15.7 Å².